The summed E-state index contributed by atoms with van der Waals surface area (Å²) in [4.78, 5) is 0. The Balaban J connectivity index is 1.69. The van der Waals surface area contributed by atoms with Gasteiger partial charge in [0.15, 0.2) is 0 Å². The van der Waals surface area contributed by atoms with Crippen LogP contribution in [0.5, 0.6) is 0 Å². The number of alkyl halides is 1. The van der Waals surface area contributed by atoms with Crippen LogP contribution in [0.25, 0.3) is 0 Å². The first-order valence-electron chi connectivity index (χ1n) is 6.17. The van der Waals surface area contributed by atoms with Gasteiger partial charge in [-0.25, -0.2) is 0 Å². The van der Waals surface area contributed by atoms with Crippen LogP contribution in [0.2, 0.25) is 0 Å². The quantitative estimate of drug-likeness (QED) is 0.695. The number of benzene rings is 1. The highest BCUT2D eigenvalue weighted by atomic mass is 35.5. The molecule has 0 radical (unpaired) electrons. The van der Waals surface area contributed by atoms with Crippen LogP contribution in [0.4, 0.5) is 0 Å². The van der Waals surface area contributed by atoms with Gasteiger partial charge < -0.3 is 4.74 Å². The molecular weight excluding hydrogens is 220 g/mol. The summed E-state index contributed by atoms with van der Waals surface area (Å²) < 4.78 is 5.60. The lowest BCUT2D eigenvalue weighted by Crippen LogP contribution is -2.04. The molecule has 2 rings (SSSR count). The lowest BCUT2D eigenvalue weighted by molar-refractivity contribution is 0.102. The van der Waals surface area contributed by atoms with Crippen molar-refractivity contribution < 1.29 is 4.74 Å². The number of hydrogen-bond acceptors (Lipinski definition) is 1. The molecule has 2 atom stereocenters. The lowest BCUT2D eigenvalue weighted by atomic mass is 10.0. The predicted octanol–water partition coefficient (Wildman–Crippen LogP) is 4.32. The first kappa shape index (κ1) is 11.9. The average molecular weight is 239 g/mol. The molecule has 1 heterocycles. The smallest absolute Gasteiger partial charge is 0.0585 e. The molecule has 16 heavy (non-hydrogen) atoms. The minimum absolute atomic E-state index is 0.155. The summed E-state index contributed by atoms with van der Waals surface area (Å²) in [5.41, 5.74) is 1.23. The van der Waals surface area contributed by atoms with Gasteiger partial charge in [-0.1, -0.05) is 30.3 Å². The predicted molar refractivity (Wildman–Crippen MR) is 67.9 cm³/mol. The topological polar surface area (TPSA) is 9.23 Å². The summed E-state index contributed by atoms with van der Waals surface area (Å²) in [6, 6.07) is 10.3. The van der Waals surface area contributed by atoms with E-state index in [0.717, 1.165) is 25.9 Å². The maximum atomic E-state index is 6.35. The fourth-order valence-electron chi connectivity index (χ4n) is 2.23. The van der Waals surface area contributed by atoms with E-state index in [-0.39, 0.29) is 5.38 Å². The van der Waals surface area contributed by atoms with Gasteiger partial charge in [0.2, 0.25) is 0 Å². The second-order valence-electron chi connectivity index (χ2n) is 4.44. The molecule has 2 unspecified atom stereocenters. The molecule has 2 heteroatoms. The van der Waals surface area contributed by atoms with Crippen molar-refractivity contribution in [3.05, 3.63) is 35.9 Å². The molecule has 1 aliphatic heterocycles. The van der Waals surface area contributed by atoms with Crippen molar-refractivity contribution in [3.8, 4) is 0 Å². The van der Waals surface area contributed by atoms with Crippen molar-refractivity contribution in [3.63, 3.8) is 0 Å². The van der Waals surface area contributed by atoms with E-state index in [1.807, 2.05) is 18.2 Å². The minimum atomic E-state index is 0.155. The van der Waals surface area contributed by atoms with Crippen molar-refractivity contribution in [1.82, 2.24) is 0 Å². The van der Waals surface area contributed by atoms with E-state index >= 15 is 0 Å². The molecule has 0 spiro atoms. The van der Waals surface area contributed by atoms with Gasteiger partial charge in [-0.15, -0.1) is 11.6 Å². The van der Waals surface area contributed by atoms with Crippen molar-refractivity contribution in [2.24, 2.45) is 0 Å². The molecule has 1 aliphatic rings. The van der Waals surface area contributed by atoms with Gasteiger partial charge in [0.05, 0.1) is 11.5 Å². The second-order valence-corrected chi connectivity index (χ2v) is 4.97. The van der Waals surface area contributed by atoms with Gasteiger partial charge in [-0.05, 0) is 37.7 Å². The number of rotatable bonds is 5. The highest BCUT2D eigenvalue weighted by Gasteiger charge is 2.15. The third-order valence-electron chi connectivity index (χ3n) is 3.17. The molecule has 0 aliphatic carbocycles. The fourth-order valence-corrected chi connectivity index (χ4v) is 2.53. The van der Waals surface area contributed by atoms with E-state index < -0.39 is 0 Å². The molecular formula is C14H19ClO. The highest BCUT2D eigenvalue weighted by molar-refractivity contribution is 6.20. The van der Waals surface area contributed by atoms with E-state index in [2.05, 4.69) is 12.1 Å². The molecule has 1 aromatic carbocycles. The largest absolute Gasteiger partial charge is 0.378 e. The molecule has 0 bridgehead atoms. The first-order valence-corrected chi connectivity index (χ1v) is 6.60. The van der Waals surface area contributed by atoms with Crippen LogP contribution < -0.4 is 0 Å². The van der Waals surface area contributed by atoms with Crippen LogP contribution >= 0.6 is 11.6 Å². The Morgan fingerprint density at radius 1 is 1.31 bits per heavy atom. The Morgan fingerprint density at radius 3 is 2.81 bits per heavy atom. The minimum Gasteiger partial charge on any atom is -0.378 e. The summed E-state index contributed by atoms with van der Waals surface area (Å²) in [6.45, 7) is 0.952. The van der Waals surface area contributed by atoms with Crippen LogP contribution in [0.15, 0.2) is 30.3 Å². The fraction of sp³-hybridized carbons (Fsp3) is 0.571. The SMILES string of the molecule is ClC(CCCC1CCCO1)c1ccccc1. The molecule has 0 N–H and O–H groups in total. The normalized spacial score (nSPS) is 22.2. The Bertz CT molecular complexity index is 293. The molecule has 1 fully saturated rings. The summed E-state index contributed by atoms with van der Waals surface area (Å²) >= 11 is 6.35. The Hall–Kier alpha value is -0.530. The molecule has 0 amide bonds. The van der Waals surface area contributed by atoms with Gasteiger partial charge in [0, 0.05) is 6.61 Å². The van der Waals surface area contributed by atoms with Crippen molar-refractivity contribution >= 4 is 11.6 Å². The molecule has 0 aromatic heterocycles. The van der Waals surface area contributed by atoms with E-state index in [9.17, 15) is 0 Å². The van der Waals surface area contributed by atoms with Gasteiger partial charge in [-0.3, -0.25) is 0 Å². The molecule has 1 aromatic rings. The van der Waals surface area contributed by atoms with E-state index in [1.165, 1.54) is 18.4 Å². The van der Waals surface area contributed by atoms with Crippen molar-refractivity contribution in [2.45, 2.75) is 43.6 Å². The van der Waals surface area contributed by atoms with Crippen LogP contribution in [-0.4, -0.2) is 12.7 Å². The zero-order valence-corrected chi connectivity index (χ0v) is 10.3. The number of ether oxygens (including phenoxy) is 1. The average Bonchev–Trinajstić information content (AvgIpc) is 2.83. The van der Waals surface area contributed by atoms with E-state index in [4.69, 9.17) is 16.3 Å². The third-order valence-corrected chi connectivity index (χ3v) is 3.64. The van der Waals surface area contributed by atoms with E-state index in [0.29, 0.717) is 6.10 Å². The number of halogens is 1. The summed E-state index contributed by atoms with van der Waals surface area (Å²) in [5.74, 6) is 0. The van der Waals surface area contributed by atoms with Gasteiger partial charge in [0.25, 0.3) is 0 Å². The second kappa shape index (κ2) is 6.27. The van der Waals surface area contributed by atoms with E-state index in [1.54, 1.807) is 0 Å². The van der Waals surface area contributed by atoms with Crippen LogP contribution in [0, 0.1) is 0 Å². The van der Waals surface area contributed by atoms with Gasteiger partial charge in [-0.2, -0.15) is 0 Å². The monoisotopic (exact) mass is 238 g/mol. The zero-order valence-electron chi connectivity index (χ0n) is 9.57. The Kier molecular flexibility index (Phi) is 4.68. The zero-order chi connectivity index (χ0) is 11.2. The number of hydrogen-bond donors (Lipinski definition) is 0. The Labute approximate surface area is 103 Å². The first-order chi connectivity index (χ1) is 7.86. The Morgan fingerprint density at radius 2 is 2.12 bits per heavy atom. The van der Waals surface area contributed by atoms with Crippen molar-refractivity contribution in [2.75, 3.05) is 6.61 Å². The maximum absolute atomic E-state index is 6.35. The molecule has 1 nitrogen and oxygen atoms in total. The molecule has 88 valence electrons. The van der Waals surface area contributed by atoms with Gasteiger partial charge in [0.1, 0.15) is 0 Å². The van der Waals surface area contributed by atoms with Crippen molar-refractivity contribution in [1.29, 1.82) is 0 Å². The summed E-state index contributed by atoms with van der Waals surface area (Å²) in [5, 5.41) is 0.155. The third kappa shape index (κ3) is 3.50. The summed E-state index contributed by atoms with van der Waals surface area (Å²) in [7, 11) is 0. The standard InChI is InChI=1S/C14H19ClO/c15-14(12-6-2-1-3-7-12)10-4-8-13-9-5-11-16-13/h1-3,6-7,13-14H,4-5,8-11H2. The maximum Gasteiger partial charge on any atom is 0.0585 e. The molecule has 0 saturated carbocycles. The van der Waals surface area contributed by atoms with Gasteiger partial charge >= 0.3 is 0 Å². The van der Waals surface area contributed by atoms with Crippen LogP contribution in [-0.2, 0) is 4.74 Å². The summed E-state index contributed by atoms with van der Waals surface area (Å²) in [6.07, 6.45) is 6.33. The lowest BCUT2D eigenvalue weighted by Gasteiger charge is -2.12. The van der Waals surface area contributed by atoms with Crippen LogP contribution in [0.1, 0.15) is 43.0 Å². The van der Waals surface area contributed by atoms with Crippen LogP contribution in [0.3, 0.4) is 0 Å². The highest BCUT2D eigenvalue weighted by Crippen LogP contribution is 2.27. The molecule has 1 saturated heterocycles.